The molecule has 0 bridgehead atoms. The fraction of sp³-hybridized carbons (Fsp3) is 0.533. The summed E-state index contributed by atoms with van der Waals surface area (Å²) in [5.41, 5.74) is 6.50. The molecule has 1 aliphatic carbocycles. The average molecular weight is 262 g/mol. The van der Waals surface area contributed by atoms with Crippen molar-refractivity contribution in [3.05, 3.63) is 35.9 Å². The van der Waals surface area contributed by atoms with Crippen LogP contribution in [0.2, 0.25) is 0 Å². The minimum Gasteiger partial charge on any atom is -0.387 e. The highest BCUT2D eigenvalue weighted by Gasteiger charge is 2.31. The second kappa shape index (κ2) is 6.68. The van der Waals surface area contributed by atoms with E-state index in [1.165, 1.54) is 0 Å². The van der Waals surface area contributed by atoms with E-state index in [-0.39, 0.29) is 18.4 Å². The Hall–Kier alpha value is -1.39. The summed E-state index contributed by atoms with van der Waals surface area (Å²) in [5, 5.41) is 12.8. The molecule has 0 saturated heterocycles. The number of carbonyl (C=O) groups is 1. The second-order valence-corrected chi connectivity index (χ2v) is 5.20. The van der Waals surface area contributed by atoms with E-state index in [1.807, 2.05) is 30.3 Å². The van der Waals surface area contributed by atoms with Crippen molar-refractivity contribution in [2.75, 3.05) is 13.1 Å². The Labute approximate surface area is 114 Å². The maximum atomic E-state index is 12.1. The van der Waals surface area contributed by atoms with Gasteiger partial charge in [-0.25, -0.2) is 0 Å². The lowest BCUT2D eigenvalue weighted by Crippen LogP contribution is -2.37. The zero-order chi connectivity index (χ0) is 13.7. The third kappa shape index (κ3) is 3.55. The van der Waals surface area contributed by atoms with E-state index in [9.17, 15) is 9.90 Å². The Morgan fingerprint density at radius 2 is 2.11 bits per heavy atom. The molecule has 1 aliphatic rings. The molecule has 1 fully saturated rings. The van der Waals surface area contributed by atoms with E-state index in [0.717, 1.165) is 24.8 Å². The number of benzene rings is 1. The van der Waals surface area contributed by atoms with Gasteiger partial charge in [-0.3, -0.25) is 4.79 Å². The molecule has 1 amide bonds. The Balaban J connectivity index is 1.83. The van der Waals surface area contributed by atoms with E-state index < -0.39 is 6.10 Å². The third-order valence-electron chi connectivity index (χ3n) is 3.95. The number of rotatable bonds is 5. The summed E-state index contributed by atoms with van der Waals surface area (Å²) in [6.07, 6.45) is 2.37. The van der Waals surface area contributed by atoms with Crippen molar-refractivity contribution < 1.29 is 9.90 Å². The SMILES string of the molecule is NCC1CCCC1C(=O)NCC(O)c1ccccc1. The van der Waals surface area contributed by atoms with Crippen molar-refractivity contribution in [1.29, 1.82) is 0 Å². The minimum absolute atomic E-state index is 0.0213. The van der Waals surface area contributed by atoms with Gasteiger partial charge in [-0.1, -0.05) is 36.8 Å². The number of hydrogen-bond donors (Lipinski definition) is 3. The van der Waals surface area contributed by atoms with Gasteiger partial charge < -0.3 is 16.2 Å². The van der Waals surface area contributed by atoms with Gasteiger partial charge in [-0.2, -0.15) is 0 Å². The molecule has 1 aromatic rings. The van der Waals surface area contributed by atoms with Gasteiger partial charge in [0, 0.05) is 12.5 Å². The maximum Gasteiger partial charge on any atom is 0.223 e. The van der Waals surface area contributed by atoms with Crippen LogP contribution in [0.25, 0.3) is 0 Å². The summed E-state index contributed by atoms with van der Waals surface area (Å²) in [7, 11) is 0. The molecule has 3 atom stereocenters. The molecular formula is C15H22N2O2. The number of amides is 1. The van der Waals surface area contributed by atoms with Gasteiger partial charge in [0.1, 0.15) is 0 Å². The molecule has 0 radical (unpaired) electrons. The predicted octanol–water partition coefficient (Wildman–Crippen LogP) is 1.21. The largest absolute Gasteiger partial charge is 0.387 e. The van der Waals surface area contributed by atoms with Crippen LogP contribution in [0.3, 0.4) is 0 Å². The number of aliphatic hydroxyl groups excluding tert-OH is 1. The molecule has 4 N–H and O–H groups in total. The van der Waals surface area contributed by atoms with Crippen LogP contribution in [0.1, 0.15) is 30.9 Å². The molecule has 0 heterocycles. The van der Waals surface area contributed by atoms with Crippen LogP contribution in [-0.2, 0) is 4.79 Å². The van der Waals surface area contributed by atoms with Gasteiger partial charge in [0.15, 0.2) is 0 Å². The fourth-order valence-corrected chi connectivity index (χ4v) is 2.79. The first-order valence-electron chi connectivity index (χ1n) is 6.93. The van der Waals surface area contributed by atoms with Gasteiger partial charge in [0.25, 0.3) is 0 Å². The normalized spacial score (nSPS) is 24.1. The van der Waals surface area contributed by atoms with Crippen molar-refractivity contribution in [2.24, 2.45) is 17.6 Å². The lowest BCUT2D eigenvalue weighted by Gasteiger charge is -2.19. The summed E-state index contributed by atoms with van der Waals surface area (Å²) in [4.78, 5) is 12.1. The Kier molecular flexibility index (Phi) is 4.93. The average Bonchev–Trinajstić information content (AvgIpc) is 2.93. The van der Waals surface area contributed by atoms with Crippen LogP contribution in [0.4, 0.5) is 0 Å². The van der Waals surface area contributed by atoms with Crippen molar-refractivity contribution >= 4 is 5.91 Å². The molecular weight excluding hydrogens is 240 g/mol. The number of carbonyl (C=O) groups excluding carboxylic acids is 1. The lowest BCUT2D eigenvalue weighted by atomic mass is 9.95. The van der Waals surface area contributed by atoms with Crippen LogP contribution < -0.4 is 11.1 Å². The van der Waals surface area contributed by atoms with E-state index in [2.05, 4.69) is 5.32 Å². The highest BCUT2D eigenvalue weighted by Crippen LogP contribution is 2.31. The Morgan fingerprint density at radius 1 is 1.37 bits per heavy atom. The number of nitrogens with one attached hydrogen (secondary N) is 1. The van der Waals surface area contributed by atoms with Crippen LogP contribution in [0.15, 0.2) is 30.3 Å². The zero-order valence-electron chi connectivity index (χ0n) is 11.1. The number of hydrogen-bond acceptors (Lipinski definition) is 3. The molecule has 4 heteroatoms. The highest BCUT2D eigenvalue weighted by molar-refractivity contribution is 5.79. The van der Waals surface area contributed by atoms with E-state index in [1.54, 1.807) is 0 Å². The summed E-state index contributed by atoms with van der Waals surface area (Å²) >= 11 is 0. The third-order valence-corrected chi connectivity index (χ3v) is 3.95. The highest BCUT2D eigenvalue weighted by atomic mass is 16.3. The quantitative estimate of drug-likeness (QED) is 0.746. The van der Waals surface area contributed by atoms with Gasteiger partial charge in [-0.15, -0.1) is 0 Å². The molecule has 0 aromatic heterocycles. The zero-order valence-corrected chi connectivity index (χ0v) is 11.1. The summed E-state index contributed by atoms with van der Waals surface area (Å²) in [6.45, 7) is 0.829. The summed E-state index contributed by atoms with van der Waals surface area (Å²) in [6, 6.07) is 9.37. The molecule has 4 nitrogen and oxygen atoms in total. The first-order chi connectivity index (χ1) is 9.22. The molecule has 0 spiro atoms. The first kappa shape index (κ1) is 14.0. The number of aliphatic hydroxyl groups is 1. The van der Waals surface area contributed by atoms with E-state index in [0.29, 0.717) is 12.5 Å². The minimum atomic E-state index is -0.650. The topological polar surface area (TPSA) is 75.4 Å². The molecule has 19 heavy (non-hydrogen) atoms. The van der Waals surface area contributed by atoms with Gasteiger partial charge >= 0.3 is 0 Å². The predicted molar refractivity (Wildman–Crippen MR) is 74.3 cm³/mol. The van der Waals surface area contributed by atoms with Crippen molar-refractivity contribution in [1.82, 2.24) is 5.32 Å². The smallest absolute Gasteiger partial charge is 0.223 e. The van der Waals surface area contributed by atoms with Crippen LogP contribution in [0, 0.1) is 11.8 Å². The standard InChI is InChI=1S/C15H22N2O2/c16-9-12-7-4-8-13(12)15(19)17-10-14(18)11-5-2-1-3-6-11/h1-3,5-6,12-14,18H,4,7-10,16H2,(H,17,19). The number of nitrogens with two attached hydrogens (primary N) is 1. The van der Waals surface area contributed by atoms with Gasteiger partial charge in [0.2, 0.25) is 5.91 Å². The maximum absolute atomic E-state index is 12.1. The van der Waals surface area contributed by atoms with E-state index in [4.69, 9.17) is 5.73 Å². The fourth-order valence-electron chi connectivity index (χ4n) is 2.79. The Morgan fingerprint density at radius 3 is 2.79 bits per heavy atom. The van der Waals surface area contributed by atoms with Crippen molar-refractivity contribution in [3.63, 3.8) is 0 Å². The molecule has 2 rings (SSSR count). The second-order valence-electron chi connectivity index (χ2n) is 5.20. The summed E-state index contributed by atoms with van der Waals surface area (Å²) < 4.78 is 0. The molecule has 1 aromatic carbocycles. The lowest BCUT2D eigenvalue weighted by molar-refractivity contribution is -0.126. The Bertz CT molecular complexity index is 408. The van der Waals surface area contributed by atoms with E-state index >= 15 is 0 Å². The molecule has 0 aliphatic heterocycles. The van der Waals surface area contributed by atoms with Gasteiger partial charge in [-0.05, 0) is 30.9 Å². The molecule has 3 unspecified atom stereocenters. The van der Waals surface area contributed by atoms with Crippen LogP contribution in [0.5, 0.6) is 0 Å². The molecule has 104 valence electrons. The van der Waals surface area contributed by atoms with Crippen molar-refractivity contribution in [2.45, 2.75) is 25.4 Å². The van der Waals surface area contributed by atoms with Crippen molar-refractivity contribution in [3.8, 4) is 0 Å². The summed E-state index contributed by atoms with van der Waals surface area (Å²) in [5.74, 6) is 0.352. The van der Waals surface area contributed by atoms with Gasteiger partial charge in [0.05, 0.1) is 6.10 Å². The first-order valence-corrected chi connectivity index (χ1v) is 6.93. The van der Waals surface area contributed by atoms with Crippen LogP contribution in [-0.4, -0.2) is 24.1 Å². The molecule has 1 saturated carbocycles. The monoisotopic (exact) mass is 262 g/mol. The van der Waals surface area contributed by atoms with Crippen LogP contribution >= 0.6 is 0 Å².